The molecule has 0 amide bonds. The van der Waals surface area contributed by atoms with Crippen LogP contribution < -0.4 is 4.74 Å². The van der Waals surface area contributed by atoms with Crippen LogP contribution in [0, 0.1) is 0 Å². The lowest BCUT2D eigenvalue weighted by molar-refractivity contribution is 0.0584. The summed E-state index contributed by atoms with van der Waals surface area (Å²) in [5, 5.41) is 16.9. The summed E-state index contributed by atoms with van der Waals surface area (Å²) in [6.45, 7) is 2.65. The van der Waals surface area contributed by atoms with Gasteiger partial charge in [0.05, 0.1) is 0 Å². The van der Waals surface area contributed by atoms with Gasteiger partial charge in [-0.05, 0) is 37.4 Å². The second-order valence-electron chi connectivity index (χ2n) is 8.34. The molecular formula is C26H27N3O3. The van der Waals surface area contributed by atoms with Gasteiger partial charge in [-0.1, -0.05) is 71.9 Å². The minimum atomic E-state index is -0.543. The topological polar surface area (TPSA) is 71.6 Å². The highest BCUT2D eigenvalue weighted by atomic mass is 16.5. The lowest BCUT2D eigenvalue weighted by Gasteiger charge is -2.31. The van der Waals surface area contributed by atoms with Crippen LogP contribution in [0.3, 0.4) is 0 Å². The third kappa shape index (κ3) is 4.66. The van der Waals surface area contributed by atoms with E-state index in [9.17, 15) is 5.11 Å². The Balaban J connectivity index is 1.11. The highest BCUT2D eigenvalue weighted by Gasteiger charge is 2.26. The van der Waals surface area contributed by atoms with Crippen LogP contribution in [0.5, 0.6) is 5.75 Å². The van der Waals surface area contributed by atoms with Crippen LogP contribution in [0.2, 0.25) is 0 Å². The number of piperidine rings is 1. The zero-order chi connectivity index (χ0) is 21.8. The lowest BCUT2D eigenvalue weighted by atomic mass is 9.96. The second-order valence-corrected chi connectivity index (χ2v) is 8.34. The predicted molar refractivity (Wildman–Crippen MR) is 124 cm³/mol. The van der Waals surface area contributed by atoms with Crippen LogP contribution in [-0.4, -0.2) is 52.5 Å². The van der Waals surface area contributed by atoms with Crippen molar-refractivity contribution in [2.24, 2.45) is 0 Å². The number of rotatable bonds is 7. The van der Waals surface area contributed by atoms with Gasteiger partial charge >= 0.3 is 0 Å². The number of aliphatic hydroxyl groups is 1. The predicted octanol–water partition coefficient (Wildman–Crippen LogP) is 4.51. The normalized spacial score (nSPS) is 16.3. The van der Waals surface area contributed by atoms with Crippen molar-refractivity contribution in [2.75, 3.05) is 26.2 Å². The molecular weight excluding hydrogens is 402 g/mol. The third-order valence-corrected chi connectivity index (χ3v) is 6.06. The minimum absolute atomic E-state index is 0.264. The molecule has 1 unspecified atom stereocenters. The van der Waals surface area contributed by atoms with Gasteiger partial charge in [0.15, 0.2) is 0 Å². The molecule has 1 aliphatic heterocycles. The van der Waals surface area contributed by atoms with E-state index in [1.807, 2.05) is 60.7 Å². The zero-order valence-electron chi connectivity index (χ0n) is 17.9. The van der Waals surface area contributed by atoms with Crippen molar-refractivity contribution in [3.8, 4) is 17.1 Å². The van der Waals surface area contributed by atoms with E-state index in [4.69, 9.17) is 9.26 Å². The summed E-state index contributed by atoms with van der Waals surface area (Å²) in [6.07, 6.45) is 1.33. The van der Waals surface area contributed by atoms with Gasteiger partial charge in [-0.15, -0.1) is 0 Å². The van der Waals surface area contributed by atoms with Crippen molar-refractivity contribution in [3.05, 3.63) is 78.7 Å². The van der Waals surface area contributed by atoms with E-state index in [0.29, 0.717) is 18.3 Å². The second kappa shape index (κ2) is 9.51. The smallest absolute Gasteiger partial charge is 0.230 e. The van der Waals surface area contributed by atoms with Gasteiger partial charge in [0.2, 0.25) is 11.7 Å². The summed E-state index contributed by atoms with van der Waals surface area (Å²) in [6, 6.07) is 24.0. The Hall–Kier alpha value is -3.22. The molecule has 4 aromatic rings. The summed E-state index contributed by atoms with van der Waals surface area (Å²) in [5.41, 5.74) is 0.967. The number of benzene rings is 3. The first-order valence-corrected chi connectivity index (χ1v) is 11.2. The summed E-state index contributed by atoms with van der Waals surface area (Å²) in [4.78, 5) is 6.89. The van der Waals surface area contributed by atoms with Crippen molar-refractivity contribution in [2.45, 2.75) is 24.9 Å². The van der Waals surface area contributed by atoms with Crippen molar-refractivity contribution in [3.63, 3.8) is 0 Å². The fraction of sp³-hybridized carbons (Fsp3) is 0.308. The van der Waals surface area contributed by atoms with E-state index in [0.717, 1.165) is 48.0 Å². The molecule has 5 rings (SSSR count). The highest BCUT2D eigenvalue weighted by molar-refractivity contribution is 5.88. The van der Waals surface area contributed by atoms with E-state index in [1.165, 1.54) is 0 Å². The molecule has 1 aromatic heterocycles. The molecule has 1 N–H and O–H groups in total. The quantitative estimate of drug-likeness (QED) is 0.466. The van der Waals surface area contributed by atoms with E-state index in [1.54, 1.807) is 0 Å². The molecule has 164 valence electrons. The molecule has 1 fully saturated rings. The van der Waals surface area contributed by atoms with Gasteiger partial charge in [0.25, 0.3) is 0 Å². The molecule has 0 aliphatic carbocycles. The Morgan fingerprint density at radius 2 is 1.72 bits per heavy atom. The number of aromatic nitrogens is 2. The highest BCUT2D eigenvalue weighted by Crippen LogP contribution is 2.29. The van der Waals surface area contributed by atoms with Gasteiger partial charge in [-0.3, -0.25) is 0 Å². The molecule has 2 heterocycles. The molecule has 6 nitrogen and oxygen atoms in total. The molecule has 1 aliphatic rings. The molecule has 1 saturated heterocycles. The van der Waals surface area contributed by atoms with Crippen LogP contribution in [-0.2, 0) is 0 Å². The monoisotopic (exact) mass is 429 g/mol. The molecule has 1 atom stereocenters. The van der Waals surface area contributed by atoms with E-state index < -0.39 is 6.10 Å². The molecule has 0 spiro atoms. The summed E-state index contributed by atoms with van der Waals surface area (Å²) in [7, 11) is 0. The first-order chi connectivity index (χ1) is 15.8. The van der Waals surface area contributed by atoms with Gasteiger partial charge in [0, 0.05) is 23.4 Å². The van der Waals surface area contributed by atoms with E-state index >= 15 is 0 Å². The average molecular weight is 430 g/mol. The molecule has 6 heteroatoms. The number of β-amino-alcohol motifs (C(OH)–C–C–N with tert-alkyl or cyclic N) is 1. The van der Waals surface area contributed by atoms with Gasteiger partial charge in [0.1, 0.15) is 18.5 Å². The fourth-order valence-electron chi connectivity index (χ4n) is 4.33. The molecule has 0 radical (unpaired) electrons. The maximum absolute atomic E-state index is 10.5. The van der Waals surface area contributed by atoms with Crippen molar-refractivity contribution in [1.29, 1.82) is 0 Å². The van der Waals surface area contributed by atoms with Crippen LogP contribution >= 0.6 is 0 Å². The van der Waals surface area contributed by atoms with Crippen LogP contribution in [0.1, 0.15) is 24.7 Å². The number of likely N-dealkylation sites (tertiary alicyclic amines) is 1. The van der Waals surface area contributed by atoms with Crippen molar-refractivity contribution >= 4 is 10.8 Å². The Bertz CT molecular complexity index is 1150. The maximum Gasteiger partial charge on any atom is 0.230 e. The standard InChI is InChI=1S/C26H27N3O3/c30-22(18-31-24-12-6-10-19-7-4-5-11-23(19)24)17-29-15-13-21(14-16-29)26-27-25(28-32-26)20-8-2-1-3-9-20/h1-12,21-22,30H,13-18H2. The number of nitrogens with zero attached hydrogens (tertiary/aromatic N) is 3. The largest absolute Gasteiger partial charge is 0.490 e. The Morgan fingerprint density at radius 1 is 0.969 bits per heavy atom. The van der Waals surface area contributed by atoms with Gasteiger partial charge in [-0.2, -0.15) is 4.98 Å². The maximum atomic E-state index is 10.5. The molecule has 0 bridgehead atoms. The average Bonchev–Trinajstić information content (AvgIpc) is 3.34. The van der Waals surface area contributed by atoms with Gasteiger partial charge < -0.3 is 19.3 Å². The minimum Gasteiger partial charge on any atom is -0.490 e. The van der Waals surface area contributed by atoms with Crippen LogP contribution in [0.25, 0.3) is 22.2 Å². The Labute approximate surface area is 187 Å². The van der Waals surface area contributed by atoms with Crippen molar-refractivity contribution < 1.29 is 14.4 Å². The molecule has 3 aromatic carbocycles. The first-order valence-electron chi connectivity index (χ1n) is 11.2. The SMILES string of the molecule is OC(COc1cccc2ccccc12)CN1CCC(c2nc(-c3ccccc3)no2)CC1. The van der Waals surface area contributed by atoms with Crippen molar-refractivity contribution in [1.82, 2.24) is 15.0 Å². The number of hydrogen-bond donors (Lipinski definition) is 1. The van der Waals surface area contributed by atoms with Crippen LogP contribution in [0.4, 0.5) is 0 Å². The zero-order valence-corrected chi connectivity index (χ0v) is 17.9. The van der Waals surface area contributed by atoms with Gasteiger partial charge in [-0.25, -0.2) is 0 Å². The summed E-state index contributed by atoms with van der Waals surface area (Å²) >= 11 is 0. The fourth-order valence-corrected chi connectivity index (χ4v) is 4.33. The lowest BCUT2D eigenvalue weighted by Crippen LogP contribution is -2.40. The number of hydrogen-bond acceptors (Lipinski definition) is 6. The molecule has 0 saturated carbocycles. The Morgan fingerprint density at radius 3 is 2.56 bits per heavy atom. The Kier molecular flexibility index (Phi) is 6.14. The van der Waals surface area contributed by atoms with Crippen LogP contribution in [0.15, 0.2) is 77.3 Å². The van der Waals surface area contributed by atoms with E-state index in [2.05, 4.69) is 27.2 Å². The number of ether oxygens (including phenoxy) is 1. The first kappa shape index (κ1) is 20.7. The third-order valence-electron chi connectivity index (χ3n) is 6.06. The molecule has 32 heavy (non-hydrogen) atoms. The van der Waals surface area contributed by atoms with E-state index in [-0.39, 0.29) is 12.5 Å². The number of aliphatic hydroxyl groups excluding tert-OH is 1. The summed E-state index contributed by atoms with van der Waals surface area (Å²) in [5.74, 6) is 2.43. The summed E-state index contributed by atoms with van der Waals surface area (Å²) < 4.78 is 11.5. The number of fused-ring (bicyclic) bond motifs is 1.